The van der Waals surface area contributed by atoms with E-state index in [0.29, 0.717) is 0 Å². The predicted molar refractivity (Wildman–Crippen MR) is 62.6 cm³/mol. The minimum Gasteiger partial charge on any atom is -0.313 e. The van der Waals surface area contributed by atoms with E-state index in [1.807, 2.05) is 0 Å². The second kappa shape index (κ2) is 5.72. The zero-order valence-corrected chi connectivity index (χ0v) is 10.2. The fraction of sp³-hybridized carbons (Fsp3) is 1.00. The third kappa shape index (κ3) is 3.25. The van der Waals surface area contributed by atoms with Crippen LogP contribution in [0.3, 0.4) is 0 Å². The van der Waals surface area contributed by atoms with E-state index >= 15 is 0 Å². The molecule has 0 aromatic heterocycles. The highest BCUT2D eigenvalue weighted by molar-refractivity contribution is 4.89. The van der Waals surface area contributed by atoms with Crippen molar-refractivity contribution >= 4 is 0 Å². The molecule has 2 nitrogen and oxygen atoms in total. The van der Waals surface area contributed by atoms with Crippen LogP contribution in [0.4, 0.5) is 0 Å². The first kappa shape index (κ1) is 12.0. The summed E-state index contributed by atoms with van der Waals surface area (Å²) >= 11 is 0. The number of nitrogens with one attached hydrogen (secondary N) is 1. The van der Waals surface area contributed by atoms with Crippen LogP contribution in [-0.2, 0) is 0 Å². The van der Waals surface area contributed by atoms with Gasteiger partial charge in [0.25, 0.3) is 0 Å². The zero-order valence-electron chi connectivity index (χ0n) is 10.2. The van der Waals surface area contributed by atoms with Gasteiger partial charge in [0.2, 0.25) is 0 Å². The van der Waals surface area contributed by atoms with Crippen LogP contribution in [0.1, 0.15) is 40.0 Å². The molecule has 1 aliphatic carbocycles. The van der Waals surface area contributed by atoms with Gasteiger partial charge in [0, 0.05) is 18.6 Å². The lowest BCUT2D eigenvalue weighted by Crippen LogP contribution is -2.46. The normalized spacial score (nSPS) is 27.9. The highest BCUT2D eigenvalue weighted by Gasteiger charge is 2.29. The molecule has 0 heterocycles. The summed E-state index contributed by atoms with van der Waals surface area (Å²) in [5.41, 5.74) is 0. The first-order valence-electron chi connectivity index (χ1n) is 6.08. The molecule has 14 heavy (non-hydrogen) atoms. The van der Waals surface area contributed by atoms with E-state index in [1.54, 1.807) is 0 Å². The molecule has 0 spiro atoms. The number of rotatable bonds is 5. The fourth-order valence-corrected chi connectivity index (χ4v) is 2.68. The monoisotopic (exact) mass is 198 g/mol. The molecule has 0 aliphatic heterocycles. The standard InChI is InChI=1S/C12H26N2/c1-5-13-11-7-6-8-12(11)14(4)9-10(2)3/h10-13H,5-9H2,1-4H3. The van der Waals surface area contributed by atoms with E-state index in [2.05, 4.69) is 38.0 Å². The van der Waals surface area contributed by atoms with Gasteiger partial charge in [-0.3, -0.25) is 0 Å². The zero-order chi connectivity index (χ0) is 10.6. The lowest BCUT2D eigenvalue weighted by atomic mass is 10.1. The van der Waals surface area contributed by atoms with Crippen molar-refractivity contribution in [2.24, 2.45) is 5.92 Å². The van der Waals surface area contributed by atoms with Gasteiger partial charge < -0.3 is 10.2 Å². The molecule has 1 saturated carbocycles. The maximum absolute atomic E-state index is 3.61. The van der Waals surface area contributed by atoms with Gasteiger partial charge >= 0.3 is 0 Å². The summed E-state index contributed by atoms with van der Waals surface area (Å²) in [7, 11) is 2.28. The average Bonchev–Trinajstić information content (AvgIpc) is 2.51. The van der Waals surface area contributed by atoms with Gasteiger partial charge in [0.05, 0.1) is 0 Å². The predicted octanol–water partition coefficient (Wildman–Crippen LogP) is 2.10. The van der Waals surface area contributed by atoms with Crippen molar-refractivity contribution in [3.8, 4) is 0 Å². The summed E-state index contributed by atoms with van der Waals surface area (Å²) in [6.07, 6.45) is 4.13. The van der Waals surface area contributed by atoms with Crippen LogP contribution in [0.25, 0.3) is 0 Å². The third-order valence-electron chi connectivity index (χ3n) is 3.17. The molecule has 2 atom stereocenters. The Balaban J connectivity index is 2.40. The molecule has 1 fully saturated rings. The van der Waals surface area contributed by atoms with E-state index in [0.717, 1.165) is 24.5 Å². The Kier molecular flexibility index (Phi) is 4.90. The van der Waals surface area contributed by atoms with E-state index in [1.165, 1.54) is 25.8 Å². The summed E-state index contributed by atoms with van der Waals surface area (Å²) in [6, 6.07) is 1.51. The minimum absolute atomic E-state index is 0.740. The number of hydrogen-bond acceptors (Lipinski definition) is 2. The Morgan fingerprint density at radius 3 is 2.64 bits per heavy atom. The average molecular weight is 198 g/mol. The molecule has 84 valence electrons. The first-order chi connectivity index (χ1) is 6.65. The molecule has 0 amide bonds. The summed E-state index contributed by atoms with van der Waals surface area (Å²) in [6.45, 7) is 9.14. The van der Waals surface area contributed by atoms with Gasteiger partial charge in [-0.05, 0) is 32.4 Å². The van der Waals surface area contributed by atoms with Crippen LogP contribution in [-0.4, -0.2) is 37.1 Å². The number of hydrogen-bond donors (Lipinski definition) is 1. The Morgan fingerprint density at radius 1 is 1.36 bits per heavy atom. The quantitative estimate of drug-likeness (QED) is 0.728. The van der Waals surface area contributed by atoms with Crippen molar-refractivity contribution in [3.63, 3.8) is 0 Å². The van der Waals surface area contributed by atoms with E-state index in [9.17, 15) is 0 Å². The summed E-state index contributed by atoms with van der Waals surface area (Å²) < 4.78 is 0. The third-order valence-corrected chi connectivity index (χ3v) is 3.17. The SMILES string of the molecule is CCNC1CCCC1N(C)CC(C)C. The molecule has 0 aromatic carbocycles. The van der Waals surface area contributed by atoms with Crippen LogP contribution in [0, 0.1) is 5.92 Å². The van der Waals surface area contributed by atoms with Crippen molar-refractivity contribution in [1.29, 1.82) is 0 Å². The summed E-state index contributed by atoms with van der Waals surface area (Å²) in [5, 5.41) is 3.61. The molecule has 0 radical (unpaired) electrons. The molecule has 0 saturated heterocycles. The van der Waals surface area contributed by atoms with Crippen molar-refractivity contribution < 1.29 is 0 Å². The summed E-state index contributed by atoms with van der Waals surface area (Å²) in [5.74, 6) is 0.780. The molecule has 0 bridgehead atoms. The largest absolute Gasteiger partial charge is 0.313 e. The van der Waals surface area contributed by atoms with Gasteiger partial charge in [-0.15, -0.1) is 0 Å². The number of nitrogens with zero attached hydrogens (tertiary/aromatic N) is 1. The second-order valence-corrected chi connectivity index (χ2v) is 5.00. The molecule has 0 aromatic rings. The Morgan fingerprint density at radius 2 is 2.07 bits per heavy atom. The topological polar surface area (TPSA) is 15.3 Å². The Hall–Kier alpha value is -0.0800. The molecule has 2 unspecified atom stereocenters. The van der Waals surface area contributed by atoms with Gasteiger partial charge in [-0.25, -0.2) is 0 Å². The smallest absolute Gasteiger partial charge is 0.0246 e. The maximum atomic E-state index is 3.61. The second-order valence-electron chi connectivity index (χ2n) is 5.00. The minimum atomic E-state index is 0.740. The highest BCUT2D eigenvalue weighted by Crippen LogP contribution is 2.23. The van der Waals surface area contributed by atoms with Crippen molar-refractivity contribution in [1.82, 2.24) is 10.2 Å². The lowest BCUT2D eigenvalue weighted by Gasteiger charge is -2.31. The van der Waals surface area contributed by atoms with Gasteiger partial charge in [0.1, 0.15) is 0 Å². The van der Waals surface area contributed by atoms with Crippen LogP contribution in [0.15, 0.2) is 0 Å². The van der Waals surface area contributed by atoms with Crippen LogP contribution in [0.2, 0.25) is 0 Å². The molecule has 2 heteroatoms. The highest BCUT2D eigenvalue weighted by atomic mass is 15.2. The molecule has 1 rings (SSSR count). The fourth-order valence-electron chi connectivity index (χ4n) is 2.68. The van der Waals surface area contributed by atoms with Crippen LogP contribution in [0.5, 0.6) is 0 Å². The Labute approximate surface area is 89.1 Å². The van der Waals surface area contributed by atoms with E-state index in [4.69, 9.17) is 0 Å². The number of likely N-dealkylation sites (N-methyl/N-ethyl adjacent to an activating group) is 2. The van der Waals surface area contributed by atoms with Gasteiger partial charge in [-0.2, -0.15) is 0 Å². The molecule has 1 N–H and O–H groups in total. The molecule has 1 aliphatic rings. The van der Waals surface area contributed by atoms with Gasteiger partial charge in [0.15, 0.2) is 0 Å². The van der Waals surface area contributed by atoms with Gasteiger partial charge in [-0.1, -0.05) is 27.2 Å². The Bertz CT molecular complexity index is 156. The molecular weight excluding hydrogens is 172 g/mol. The van der Waals surface area contributed by atoms with Crippen LogP contribution >= 0.6 is 0 Å². The maximum Gasteiger partial charge on any atom is 0.0246 e. The van der Waals surface area contributed by atoms with E-state index in [-0.39, 0.29) is 0 Å². The summed E-state index contributed by atoms with van der Waals surface area (Å²) in [4.78, 5) is 2.55. The first-order valence-corrected chi connectivity index (χ1v) is 6.08. The van der Waals surface area contributed by atoms with Crippen molar-refractivity contribution in [2.75, 3.05) is 20.1 Å². The van der Waals surface area contributed by atoms with Crippen LogP contribution < -0.4 is 5.32 Å². The van der Waals surface area contributed by atoms with E-state index < -0.39 is 0 Å². The van der Waals surface area contributed by atoms with Crippen molar-refractivity contribution in [2.45, 2.75) is 52.1 Å². The van der Waals surface area contributed by atoms with Crippen molar-refractivity contribution in [3.05, 3.63) is 0 Å². The lowest BCUT2D eigenvalue weighted by molar-refractivity contribution is 0.192. The molecular formula is C12H26N2.